The van der Waals surface area contributed by atoms with Crippen molar-refractivity contribution in [1.29, 1.82) is 0 Å². The van der Waals surface area contributed by atoms with E-state index in [1.54, 1.807) is 13.0 Å². The highest BCUT2D eigenvalue weighted by Gasteiger charge is 2.38. The lowest BCUT2D eigenvalue weighted by Crippen LogP contribution is -2.43. The molecule has 112 valence electrons. The van der Waals surface area contributed by atoms with Gasteiger partial charge in [-0.05, 0) is 24.6 Å². The summed E-state index contributed by atoms with van der Waals surface area (Å²) in [6.07, 6.45) is 0. The van der Waals surface area contributed by atoms with Crippen LogP contribution < -0.4 is 4.90 Å². The van der Waals surface area contributed by atoms with Crippen LogP contribution in [0.15, 0.2) is 12.1 Å². The van der Waals surface area contributed by atoms with Crippen LogP contribution in [0.4, 0.5) is 10.1 Å². The highest BCUT2D eigenvalue weighted by atomic mass is 19.1. The second-order valence-electron chi connectivity index (χ2n) is 5.38. The van der Waals surface area contributed by atoms with Crippen molar-refractivity contribution < 1.29 is 18.7 Å². The molecule has 0 bridgehead atoms. The van der Waals surface area contributed by atoms with Gasteiger partial charge in [-0.15, -0.1) is 0 Å². The quantitative estimate of drug-likeness (QED) is 0.780. The summed E-state index contributed by atoms with van der Waals surface area (Å²) < 4.78 is 19.4. The Kier molecular flexibility index (Phi) is 3.73. The van der Waals surface area contributed by atoms with Gasteiger partial charge in [0, 0.05) is 26.2 Å². The van der Waals surface area contributed by atoms with Crippen molar-refractivity contribution >= 4 is 17.4 Å². The first kappa shape index (κ1) is 14.2. The Hall–Kier alpha value is -1.79. The molecule has 0 aliphatic carbocycles. The van der Waals surface area contributed by atoms with Crippen LogP contribution in [0, 0.1) is 12.7 Å². The summed E-state index contributed by atoms with van der Waals surface area (Å²) in [6, 6.07) is 2.93. The Labute approximate surface area is 122 Å². The molecule has 0 radical (unpaired) electrons. The maximum absolute atomic E-state index is 14.1. The summed E-state index contributed by atoms with van der Waals surface area (Å²) in [4.78, 5) is 27.4. The van der Waals surface area contributed by atoms with Crippen LogP contribution in [-0.2, 0) is 9.53 Å². The van der Waals surface area contributed by atoms with Crippen molar-refractivity contribution in [2.45, 2.75) is 6.92 Å². The smallest absolute Gasteiger partial charge is 0.299 e. The molecule has 21 heavy (non-hydrogen) atoms. The average Bonchev–Trinajstić information content (AvgIpc) is 2.71. The van der Waals surface area contributed by atoms with Gasteiger partial charge in [-0.1, -0.05) is 0 Å². The van der Waals surface area contributed by atoms with E-state index in [0.29, 0.717) is 31.9 Å². The zero-order valence-corrected chi connectivity index (χ0v) is 11.9. The molecular weight excluding hydrogens is 275 g/mol. The van der Waals surface area contributed by atoms with Gasteiger partial charge < -0.3 is 9.64 Å². The van der Waals surface area contributed by atoms with E-state index in [4.69, 9.17) is 4.74 Å². The van der Waals surface area contributed by atoms with Gasteiger partial charge in [-0.3, -0.25) is 14.5 Å². The standard InChI is InChI=1S/C15H17FN2O3/c1-10-8-11-13(12(16)9-10)18(15(20)14(11)19)3-2-17-4-6-21-7-5-17/h8-9H,2-7H2,1H3. The monoisotopic (exact) mass is 292 g/mol. The number of halogens is 1. The maximum atomic E-state index is 14.1. The highest BCUT2D eigenvalue weighted by molar-refractivity contribution is 6.52. The number of fused-ring (bicyclic) bond motifs is 1. The number of carbonyl (C=O) groups excluding carboxylic acids is 2. The summed E-state index contributed by atoms with van der Waals surface area (Å²) in [5, 5.41) is 0. The lowest BCUT2D eigenvalue weighted by atomic mass is 10.1. The number of hydrogen-bond acceptors (Lipinski definition) is 4. The molecule has 1 aromatic carbocycles. The van der Waals surface area contributed by atoms with Gasteiger partial charge in [0.05, 0.1) is 24.5 Å². The maximum Gasteiger partial charge on any atom is 0.299 e. The lowest BCUT2D eigenvalue weighted by Gasteiger charge is -2.28. The van der Waals surface area contributed by atoms with Gasteiger partial charge in [0.2, 0.25) is 0 Å². The minimum absolute atomic E-state index is 0.129. The largest absolute Gasteiger partial charge is 0.379 e. The molecule has 5 nitrogen and oxygen atoms in total. The summed E-state index contributed by atoms with van der Waals surface area (Å²) in [7, 11) is 0. The van der Waals surface area contributed by atoms with Crippen molar-refractivity contribution in [2.24, 2.45) is 0 Å². The first-order valence-corrected chi connectivity index (χ1v) is 7.04. The molecule has 0 N–H and O–H groups in total. The van der Waals surface area contributed by atoms with E-state index in [2.05, 4.69) is 4.90 Å². The van der Waals surface area contributed by atoms with E-state index in [1.165, 1.54) is 11.0 Å². The topological polar surface area (TPSA) is 49.9 Å². The molecule has 3 rings (SSSR count). The van der Waals surface area contributed by atoms with Gasteiger partial charge in [-0.2, -0.15) is 0 Å². The molecule has 1 aromatic rings. The second-order valence-corrected chi connectivity index (χ2v) is 5.38. The third-order valence-electron chi connectivity index (χ3n) is 3.91. The fraction of sp³-hybridized carbons (Fsp3) is 0.467. The number of rotatable bonds is 3. The SMILES string of the molecule is Cc1cc(F)c2c(c1)C(=O)C(=O)N2CCN1CCOCC1. The van der Waals surface area contributed by atoms with Crippen molar-refractivity contribution in [2.75, 3.05) is 44.3 Å². The van der Waals surface area contributed by atoms with Crippen LogP contribution in [0.25, 0.3) is 0 Å². The molecule has 0 unspecified atom stereocenters. The lowest BCUT2D eigenvalue weighted by molar-refractivity contribution is -0.114. The molecule has 2 aliphatic heterocycles. The number of hydrogen-bond donors (Lipinski definition) is 0. The first-order valence-electron chi connectivity index (χ1n) is 7.04. The van der Waals surface area contributed by atoms with Crippen LogP contribution in [-0.4, -0.2) is 56.0 Å². The number of nitrogens with zero attached hydrogens (tertiary/aromatic N) is 2. The highest BCUT2D eigenvalue weighted by Crippen LogP contribution is 2.32. The van der Waals surface area contributed by atoms with E-state index in [-0.39, 0.29) is 11.3 Å². The molecule has 1 saturated heterocycles. The minimum atomic E-state index is -0.636. The van der Waals surface area contributed by atoms with Gasteiger partial charge >= 0.3 is 0 Å². The number of morpholine rings is 1. The van der Waals surface area contributed by atoms with E-state index in [1.807, 2.05) is 0 Å². The van der Waals surface area contributed by atoms with Crippen LogP contribution in [0.3, 0.4) is 0 Å². The molecule has 0 atom stereocenters. The third-order valence-corrected chi connectivity index (χ3v) is 3.91. The van der Waals surface area contributed by atoms with Crippen molar-refractivity contribution in [3.63, 3.8) is 0 Å². The molecule has 0 aromatic heterocycles. The van der Waals surface area contributed by atoms with Gasteiger partial charge in [0.25, 0.3) is 11.7 Å². The number of amides is 1. The second kappa shape index (κ2) is 5.54. The van der Waals surface area contributed by atoms with Crippen molar-refractivity contribution in [3.8, 4) is 0 Å². The van der Waals surface area contributed by atoms with Crippen LogP contribution in [0.1, 0.15) is 15.9 Å². The molecule has 2 aliphatic rings. The molecule has 0 saturated carbocycles. The van der Waals surface area contributed by atoms with E-state index >= 15 is 0 Å². The van der Waals surface area contributed by atoms with Crippen LogP contribution >= 0.6 is 0 Å². The third kappa shape index (κ3) is 2.56. The Bertz CT molecular complexity index is 597. The summed E-state index contributed by atoms with van der Waals surface area (Å²) in [6.45, 7) is 5.54. The van der Waals surface area contributed by atoms with Gasteiger partial charge in [0.1, 0.15) is 5.82 Å². The number of anilines is 1. The number of ketones is 1. The number of carbonyl (C=O) groups is 2. The first-order chi connectivity index (χ1) is 10.1. The van der Waals surface area contributed by atoms with Crippen LogP contribution in [0.2, 0.25) is 0 Å². The van der Waals surface area contributed by atoms with E-state index in [0.717, 1.165) is 13.1 Å². The molecule has 2 heterocycles. The Balaban J connectivity index is 1.80. The molecule has 0 spiro atoms. The normalized spacial score (nSPS) is 19.2. The Morgan fingerprint density at radius 3 is 2.62 bits per heavy atom. The predicted molar refractivity (Wildman–Crippen MR) is 75.1 cm³/mol. The van der Waals surface area contributed by atoms with Gasteiger partial charge in [-0.25, -0.2) is 4.39 Å². The fourth-order valence-electron chi connectivity index (χ4n) is 2.80. The zero-order chi connectivity index (χ0) is 15.0. The number of Topliss-reactive ketones (excluding diaryl/α,β-unsaturated/α-hetero) is 1. The number of ether oxygens (including phenoxy) is 1. The van der Waals surface area contributed by atoms with E-state index in [9.17, 15) is 14.0 Å². The Morgan fingerprint density at radius 1 is 1.19 bits per heavy atom. The van der Waals surface area contributed by atoms with E-state index < -0.39 is 17.5 Å². The molecule has 1 fully saturated rings. The minimum Gasteiger partial charge on any atom is -0.379 e. The summed E-state index contributed by atoms with van der Waals surface area (Å²) in [5.41, 5.74) is 0.950. The average molecular weight is 292 g/mol. The fourth-order valence-corrected chi connectivity index (χ4v) is 2.80. The van der Waals surface area contributed by atoms with Crippen molar-refractivity contribution in [1.82, 2.24) is 4.90 Å². The summed E-state index contributed by atoms with van der Waals surface area (Å²) in [5.74, 6) is -1.76. The van der Waals surface area contributed by atoms with Crippen LogP contribution in [0.5, 0.6) is 0 Å². The molecule has 6 heteroatoms. The molecular formula is C15H17FN2O3. The number of aryl methyl sites for hydroxylation is 1. The molecule has 1 amide bonds. The predicted octanol–water partition coefficient (Wildman–Crippen LogP) is 0.996. The van der Waals surface area contributed by atoms with Gasteiger partial charge in [0.15, 0.2) is 0 Å². The van der Waals surface area contributed by atoms with Crippen molar-refractivity contribution in [3.05, 3.63) is 29.1 Å². The number of benzene rings is 1. The zero-order valence-electron chi connectivity index (χ0n) is 11.9. The summed E-state index contributed by atoms with van der Waals surface area (Å²) >= 11 is 0. The Morgan fingerprint density at radius 2 is 1.90 bits per heavy atom.